The van der Waals surface area contributed by atoms with Gasteiger partial charge in [-0.3, -0.25) is 25.2 Å². The van der Waals surface area contributed by atoms with Gasteiger partial charge in [-0.25, -0.2) is 0 Å². The van der Waals surface area contributed by atoms with Crippen molar-refractivity contribution in [3.63, 3.8) is 0 Å². The number of aliphatic carboxylic acids is 1. The predicted octanol–water partition coefficient (Wildman–Crippen LogP) is 2.76. The first-order valence-electron chi connectivity index (χ1n) is 8.92. The standard InChI is InChI=1S/C19H24N2O4S/c1-4-11-7-10(8-26-11)17(22)20-21-18(23)15-12-5-6-13(14(12)9(2)3)16(15)19(24)25/h7-8,12-13,15-16H,4-6H2,1-3H3,(H,20,22)(H,21,23)(H,24,25)/t12-,13+,15+,16+/m1/s1. The summed E-state index contributed by atoms with van der Waals surface area (Å²) >= 11 is 1.50. The first-order valence-corrected chi connectivity index (χ1v) is 9.80. The number of hydrazine groups is 1. The molecule has 3 N–H and O–H groups in total. The first-order chi connectivity index (χ1) is 12.3. The summed E-state index contributed by atoms with van der Waals surface area (Å²) in [5.74, 6) is -3.20. The molecular weight excluding hydrogens is 352 g/mol. The Bertz CT molecular complexity index is 778. The molecule has 1 aromatic rings. The molecule has 0 saturated heterocycles. The smallest absolute Gasteiger partial charge is 0.307 e. The average Bonchev–Trinajstić information content (AvgIpc) is 3.30. The van der Waals surface area contributed by atoms with Crippen LogP contribution in [-0.2, 0) is 16.0 Å². The summed E-state index contributed by atoms with van der Waals surface area (Å²) in [7, 11) is 0. The number of thiophene rings is 1. The molecule has 0 aliphatic heterocycles. The Balaban J connectivity index is 1.71. The lowest BCUT2D eigenvalue weighted by molar-refractivity contribution is -0.149. The fourth-order valence-corrected chi connectivity index (χ4v) is 5.38. The Kier molecular flexibility index (Phi) is 5.18. The van der Waals surface area contributed by atoms with Crippen LogP contribution in [0.1, 0.15) is 48.8 Å². The molecule has 0 unspecified atom stereocenters. The highest BCUT2D eigenvalue weighted by molar-refractivity contribution is 7.10. The summed E-state index contributed by atoms with van der Waals surface area (Å²) in [5.41, 5.74) is 7.62. The number of allylic oxidation sites excluding steroid dienone is 2. The van der Waals surface area contributed by atoms with Crippen molar-refractivity contribution in [2.45, 2.75) is 40.0 Å². The number of carbonyl (C=O) groups excluding carboxylic acids is 2. The zero-order valence-corrected chi connectivity index (χ0v) is 16.0. The minimum atomic E-state index is -0.937. The van der Waals surface area contributed by atoms with Gasteiger partial charge in [0.2, 0.25) is 5.91 Å². The van der Waals surface area contributed by atoms with Gasteiger partial charge in [-0.05, 0) is 51.0 Å². The molecule has 26 heavy (non-hydrogen) atoms. The number of nitrogens with one attached hydrogen (secondary N) is 2. The monoisotopic (exact) mass is 376 g/mol. The second-order valence-corrected chi connectivity index (χ2v) is 8.23. The lowest BCUT2D eigenvalue weighted by atomic mass is 9.79. The molecular formula is C19H24N2O4S. The van der Waals surface area contributed by atoms with Crippen LogP contribution in [0.2, 0.25) is 0 Å². The quantitative estimate of drug-likeness (QED) is 0.556. The van der Waals surface area contributed by atoms with Crippen molar-refractivity contribution < 1.29 is 19.5 Å². The molecule has 2 aliphatic carbocycles. The molecule has 2 saturated carbocycles. The van der Waals surface area contributed by atoms with Gasteiger partial charge in [0, 0.05) is 10.3 Å². The van der Waals surface area contributed by atoms with Crippen molar-refractivity contribution in [3.8, 4) is 0 Å². The molecule has 2 aliphatic rings. The molecule has 3 rings (SSSR count). The van der Waals surface area contributed by atoms with Crippen LogP contribution in [0, 0.1) is 23.7 Å². The number of rotatable bonds is 4. The highest BCUT2D eigenvalue weighted by Crippen LogP contribution is 2.57. The third-order valence-electron chi connectivity index (χ3n) is 5.57. The van der Waals surface area contributed by atoms with E-state index in [0.717, 1.165) is 35.3 Å². The van der Waals surface area contributed by atoms with Crippen molar-refractivity contribution in [1.82, 2.24) is 10.9 Å². The summed E-state index contributed by atoms with van der Waals surface area (Å²) in [6.07, 6.45) is 2.49. The van der Waals surface area contributed by atoms with E-state index in [1.54, 1.807) is 11.4 Å². The summed E-state index contributed by atoms with van der Waals surface area (Å²) in [6.45, 7) is 5.96. The van der Waals surface area contributed by atoms with E-state index in [-0.39, 0.29) is 17.7 Å². The van der Waals surface area contributed by atoms with E-state index in [1.165, 1.54) is 11.3 Å². The zero-order valence-electron chi connectivity index (χ0n) is 15.2. The van der Waals surface area contributed by atoms with Gasteiger partial charge in [0.25, 0.3) is 5.91 Å². The number of hydrogen-bond acceptors (Lipinski definition) is 4. The maximum atomic E-state index is 12.7. The molecule has 2 amide bonds. The Morgan fingerprint density at radius 3 is 2.35 bits per heavy atom. The number of amides is 2. The Labute approximate surface area is 156 Å². The number of hydrogen-bond donors (Lipinski definition) is 3. The minimum absolute atomic E-state index is 0.0455. The van der Waals surface area contributed by atoms with Gasteiger partial charge in [0.15, 0.2) is 0 Å². The number of fused-ring (bicyclic) bond motifs is 2. The first kappa shape index (κ1) is 18.6. The van der Waals surface area contributed by atoms with Crippen LogP contribution in [0.3, 0.4) is 0 Å². The fourth-order valence-electron chi connectivity index (χ4n) is 4.56. The third-order valence-corrected chi connectivity index (χ3v) is 6.65. The van der Waals surface area contributed by atoms with E-state index in [0.29, 0.717) is 5.56 Å². The van der Waals surface area contributed by atoms with Gasteiger partial charge in [0.05, 0.1) is 17.4 Å². The molecule has 4 atom stereocenters. The molecule has 7 heteroatoms. The minimum Gasteiger partial charge on any atom is -0.481 e. The summed E-state index contributed by atoms with van der Waals surface area (Å²) in [6, 6.07) is 1.80. The third kappa shape index (κ3) is 3.16. The van der Waals surface area contributed by atoms with Crippen molar-refractivity contribution in [1.29, 1.82) is 0 Å². The molecule has 0 radical (unpaired) electrons. The van der Waals surface area contributed by atoms with E-state index < -0.39 is 23.7 Å². The Morgan fingerprint density at radius 2 is 1.81 bits per heavy atom. The van der Waals surface area contributed by atoms with E-state index in [9.17, 15) is 19.5 Å². The van der Waals surface area contributed by atoms with Crippen LogP contribution in [0.15, 0.2) is 22.6 Å². The molecule has 0 aromatic carbocycles. The fraction of sp³-hybridized carbons (Fsp3) is 0.526. The molecule has 1 aromatic heterocycles. The van der Waals surface area contributed by atoms with Gasteiger partial charge in [0.1, 0.15) is 0 Å². The molecule has 1 heterocycles. The van der Waals surface area contributed by atoms with Crippen LogP contribution in [0.5, 0.6) is 0 Å². The number of carboxylic acids is 1. The van der Waals surface area contributed by atoms with E-state index in [4.69, 9.17) is 0 Å². The van der Waals surface area contributed by atoms with E-state index in [2.05, 4.69) is 10.9 Å². The predicted molar refractivity (Wildman–Crippen MR) is 98.5 cm³/mol. The van der Waals surface area contributed by atoms with Crippen LogP contribution in [0.25, 0.3) is 0 Å². The lowest BCUT2D eigenvalue weighted by Crippen LogP contribution is -2.48. The second-order valence-electron chi connectivity index (χ2n) is 7.23. The van der Waals surface area contributed by atoms with Crippen molar-refractivity contribution in [2.24, 2.45) is 23.7 Å². The highest BCUT2D eigenvalue weighted by Gasteiger charge is 2.57. The van der Waals surface area contributed by atoms with Crippen LogP contribution in [-0.4, -0.2) is 22.9 Å². The lowest BCUT2D eigenvalue weighted by Gasteiger charge is -2.26. The normalized spacial score (nSPS) is 26.7. The topological polar surface area (TPSA) is 95.5 Å². The average molecular weight is 376 g/mol. The van der Waals surface area contributed by atoms with E-state index >= 15 is 0 Å². The summed E-state index contributed by atoms with van der Waals surface area (Å²) in [4.78, 5) is 37.8. The largest absolute Gasteiger partial charge is 0.481 e. The SMILES string of the molecule is CCc1cc(C(=O)NNC(=O)[C@@H]2[C@@H](C(=O)O)[C@H]3CC[C@@H]2C3=C(C)C)cs1. The Hall–Kier alpha value is -2.15. The maximum Gasteiger partial charge on any atom is 0.307 e. The van der Waals surface area contributed by atoms with Gasteiger partial charge in [-0.2, -0.15) is 0 Å². The van der Waals surface area contributed by atoms with Gasteiger partial charge < -0.3 is 5.11 Å². The van der Waals surface area contributed by atoms with Crippen molar-refractivity contribution in [3.05, 3.63) is 33.0 Å². The number of carbonyl (C=O) groups is 3. The number of carboxylic acid groups (broad SMARTS) is 1. The van der Waals surface area contributed by atoms with Crippen LogP contribution >= 0.6 is 11.3 Å². The maximum absolute atomic E-state index is 12.7. The van der Waals surface area contributed by atoms with Gasteiger partial charge in [-0.15, -0.1) is 11.3 Å². The second kappa shape index (κ2) is 7.23. The molecule has 140 valence electrons. The molecule has 6 nitrogen and oxygen atoms in total. The summed E-state index contributed by atoms with van der Waals surface area (Å²) < 4.78 is 0. The number of aryl methyl sites for hydroxylation is 1. The molecule has 2 bridgehead atoms. The molecule has 2 fully saturated rings. The van der Waals surface area contributed by atoms with Crippen LogP contribution < -0.4 is 10.9 Å². The zero-order chi connectivity index (χ0) is 19.0. The van der Waals surface area contributed by atoms with Gasteiger partial charge >= 0.3 is 5.97 Å². The van der Waals surface area contributed by atoms with Crippen molar-refractivity contribution in [2.75, 3.05) is 0 Å². The van der Waals surface area contributed by atoms with Crippen molar-refractivity contribution >= 4 is 29.1 Å². The van der Waals surface area contributed by atoms with Gasteiger partial charge in [-0.1, -0.05) is 18.1 Å². The Morgan fingerprint density at radius 1 is 1.15 bits per heavy atom. The van der Waals surface area contributed by atoms with Crippen LogP contribution in [0.4, 0.5) is 0 Å². The summed E-state index contributed by atoms with van der Waals surface area (Å²) in [5, 5.41) is 11.4. The van der Waals surface area contributed by atoms with E-state index in [1.807, 2.05) is 20.8 Å². The molecule has 0 spiro atoms. The highest BCUT2D eigenvalue weighted by atomic mass is 32.1.